The number of carbonyl (C=O) groups excluding carboxylic acids is 1. The molecular formula is C15H20F2N2O3. The average Bonchev–Trinajstić information content (AvgIpc) is 3.31. The lowest BCUT2D eigenvalue weighted by Gasteiger charge is -2.21. The van der Waals surface area contributed by atoms with Crippen molar-refractivity contribution in [1.29, 1.82) is 0 Å². The third-order valence-electron chi connectivity index (χ3n) is 3.51. The zero-order valence-corrected chi connectivity index (χ0v) is 12.4. The smallest absolute Gasteiger partial charge is 0.317 e. The molecule has 0 heterocycles. The van der Waals surface area contributed by atoms with Crippen molar-refractivity contribution < 1.29 is 23.4 Å². The van der Waals surface area contributed by atoms with Crippen LogP contribution < -0.4 is 10.1 Å². The van der Waals surface area contributed by atoms with Crippen LogP contribution in [0.2, 0.25) is 0 Å². The number of urea groups is 1. The van der Waals surface area contributed by atoms with E-state index in [2.05, 4.69) is 5.32 Å². The number of aliphatic hydroxyl groups excluding tert-OH is 1. The molecule has 0 aliphatic heterocycles. The van der Waals surface area contributed by atoms with Gasteiger partial charge < -0.3 is 20.1 Å². The molecule has 7 heteroatoms. The van der Waals surface area contributed by atoms with Gasteiger partial charge in [0.25, 0.3) is 0 Å². The third-order valence-corrected chi connectivity index (χ3v) is 3.51. The number of aliphatic hydroxyl groups is 1. The lowest BCUT2D eigenvalue weighted by Crippen LogP contribution is -2.43. The molecule has 0 bridgehead atoms. The van der Waals surface area contributed by atoms with E-state index >= 15 is 0 Å². The second-order valence-electron chi connectivity index (χ2n) is 5.44. The Hall–Kier alpha value is -1.89. The van der Waals surface area contributed by atoms with E-state index in [0.29, 0.717) is 12.5 Å². The van der Waals surface area contributed by atoms with Crippen molar-refractivity contribution in [2.75, 3.05) is 26.7 Å². The minimum atomic E-state index is -0.977. The van der Waals surface area contributed by atoms with E-state index in [1.807, 2.05) is 0 Å². The summed E-state index contributed by atoms with van der Waals surface area (Å²) in [6, 6.07) is 2.94. The largest absolute Gasteiger partial charge is 0.492 e. The van der Waals surface area contributed by atoms with Gasteiger partial charge in [-0.1, -0.05) is 0 Å². The van der Waals surface area contributed by atoms with Gasteiger partial charge in [0.05, 0.1) is 12.6 Å². The first-order valence-electron chi connectivity index (χ1n) is 7.22. The topological polar surface area (TPSA) is 61.8 Å². The van der Waals surface area contributed by atoms with Gasteiger partial charge in [-0.25, -0.2) is 13.6 Å². The maximum atomic E-state index is 13.0. The summed E-state index contributed by atoms with van der Waals surface area (Å²) in [6.07, 6.45) is 1.55. The standard InChI is InChI=1S/C15H20F2N2O3/c1-19(9-14(20)10-2-3-10)15(21)18-6-7-22-11-4-5-12(16)13(17)8-11/h4-5,8,10,14,20H,2-3,6-7,9H2,1H3,(H,18,21). The van der Waals surface area contributed by atoms with Crippen LogP contribution in [0.3, 0.4) is 0 Å². The predicted octanol–water partition coefficient (Wildman–Crippen LogP) is 1.76. The highest BCUT2D eigenvalue weighted by molar-refractivity contribution is 5.73. The van der Waals surface area contributed by atoms with Gasteiger partial charge in [-0.15, -0.1) is 0 Å². The molecule has 0 saturated heterocycles. The van der Waals surface area contributed by atoms with E-state index < -0.39 is 17.7 Å². The van der Waals surface area contributed by atoms with Crippen molar-refractivity contribution >= 4 is 6.03 Å². The zero-order valence-electron chi connectivity index (χ0n) is 12.4. The summed E-state index contributed by atoms with van der Waals surface area (Å²) in [4.78, 5) is 13.2. The average molecular weight is 314 g/mol. The summed E-state index contributed by atoms with van der Waals surface area (Å²) in [7, 11) is 1.61. The van der Waals surface area contributed by atoms with Gasteiger partial charge in [0.1, 0.15) is 12.4 Å². The van der Waals surface area contributed by atoms with Crippen LogP contribution in [-0.4, -0.2) is 48.9 Å². The number of halogens is 2. The SMILES string of the molecule is CN(CC(O)C1CC1)C(=O)NCCOc1ccc(F)c(F)c1. The fourth-order valence-corrected chi connectivity index (χ4v) is 2.02. The molecule has 2 amide bonds. The van der Waals surface area contributed by atoms with Crippen LogP contribution in [-0.2, 0) is 0 Å². The van der Waals surface area contributed by atoms with E-state index in [1.54, 1.807) is 7.05 Å². The molecule has 1 aliphatic carbocycles. The van der Waals surface area contributed by atoms with Crippen molar-refractivity contribution in [2.24, 2.45) is 5.92 Å². The monoisotopic (exact) mass is 314 g/mol. The van der Waals surface area contributed by atoms with Gasteiger partial charge in [0.15, 0.2) is 11.6 Å². The van der Waals surface area contributed by atoms with Crippen LogP contribution in [0.5, 0.6) is 5.75 Å². The van der Waals surface area contributed by atoms with Crippen LogP contribution in [0, 0.1) is 17.6 Å². The number of hydrogen-bond acceptors (Lipinski definition) is 3. The van der Waals surface area contributed by atoms with Gasteiger partial charge in [-0.05, 0) is 30.9 Å². The Bertz CT molecular complexity index is 524. The normalized spacial score (nSPS) is 15.3. The maximum absolute atomic E-state index is 13.0. The molecule has 122 valence electrons. The lowest BCUT2D eigenvalue weighted by molar-refractivity contribution is 0.113. The quantitative estimate of drug-likeness (QED) is 0.754. The van der Waals surface area contributed by atoms with E-state index in [-0.39, 0.29) is 24.9 Å². The summed E-state index contributed by atoms with van der Waals surface area (Å²) in [6.45, 7) is 0.651. The molecule has 0 aromatic heterocycles. The Morgan fingerprint density at radius 2 is 2.18 bits per heavy atom. The molecule has 5 nitrogen and oxygen atoms in total. The van der Waals surface area contributed by atoms with Gasteiger partial charge in [0.2, 0.25) is 0 Å². The number of benzene rings is 1. The fourth-order valence-electron chi connectivity index (χ4n) is 2.02. The zero-order chi connectivity index (χ0) is 16.1. The number of ether oxygens (including phenoxy) is 1. The summed E-state index contributed by atoms with van der Waals surface area (Å²) < 4.78 is 30.9. The number of hydrogen-bond donors (Lipinski definition) is 2. The number of likely N-dealkylation sites (N-methyl/N-ethyl adjacent to an activating group) is 1. The number of carbonyl (C=O) groups is 1. The first-order chi connectivity index (χ1) is 10.5. The molecule has 1 unspecified atom stereocenters. The second-order valence-corrected chi connectivity index (χ2v) is 5.44. The van der Waals surface area contributed by atoms with Crippen LogP contribution in [0.25, 0.3) is 0 Å². The molecule has 1 aromatic carbocycles. The second kappa shape index (κ2) is 7.40. The van der Waals surface area contributed by atoms with Crippen molar-refractivity contribution in [3.8, 4) is 5.75 Å². The number of nitrogens with zero attached hydrogens (tertiary/aromatic N) is 1. The lowest BCUT2D eigenvalue weighted by atomic mass is 10.2. The van der Waals surface area contributed by atoms with Crippen LogP contribution in [0.1, 0.15) is 12.8 Å². The Kier molecular flexibility index (Phi) is 5.54. The van der Waals surface area contributed by atoms with Crippen LogP contribution in [0.4, 0.5) is 13.6 Å². The summed E-state index contributed by atoms with van der Waals surface area (Å²) in [5.74, 6) is -1.40. The molecule has 1 aliphatic rings. The number of amides is 2. The van der Waals surface area contributed by atoms with Gasteiger partial charge in [-0.2, -0.15) is 0 Å². The molecule has 1 saturated carbocycles. The molecule has 0 spiro atoms. The van der Waals surface area contributed by atoms with Crippen molar-refractivity contribution in [1.82, 2.24) is 10.2 Å². The third kappa shape index (κ3) is 4.84. The van der Waals surface area contributed by atoms with Crippen LogP contribution in [0.15, 0.2) is 18.2 Å². The Morgan fingerprint density at radius 1 is 1.45 bits per heavy atom. The number of nitrogens with one attached hydrogen (secondary N) is 1. The number of rotatable bonds is 7. The van der Waals surface area contributed by atoms with E-state index in [0.717, 1.165) is 25.0 Å². The molecule has 22 heavy (non-hydrogen) atoms. The molecule has 2 N–H and O–H groups in total. The predicted molar refractivity (Wildman–Crippen MR) is 76.6 cm³/mol. The molecule has 1 fully saturated rings. The molecule has 2 rings (SSSR count). The first kappa shape index (κ1) is 16.5. The van der Waals surface area contributed by atoms with Gasteiger partial charge in [0, 0.05) is 19.7 Å². The summed E-state index contributed by atoms with van der Waals surface area (Å²) in [5.41, 5.74) is 0. The van der Waals surface area contributed by atoms with Crippen molar-refractivity contribution in [3.05, 3.63) is 29.8 Å². The molecule has 1 aromatic rings. The van der Waals surface area contributed by atoms with Crippen molar-refractivity contribution in [2.45, 2.75) is 18.9 Å². The van der Waals surface area contributed by atoms with Crippen LogP contribution >= 0.6 is 0 Å². The fraction of sp³-hybridized carbons (Fsp3) is 0.533. The molecular weight excluding hydrogens is 294 g/mol. The maximum Gasteiger partial charge on any atom is 0.317 e. The Labute approximate surface area is 127 Å². The highest BCUT2D eigenvalue weighted by atomic mass is 19.2. The van der Waals surface area contributed by atoms with Gasteiger partial charge in [-0.3, -0.25) is 0 Å². The highest BCUT2D eigenvalue weighted by Gasteiger charge is 2.31. The molecule has 0 radical (unpaired) electrons. The van der Waals surface area contributed by atoms with Crippen molar-refractivity contribution in [3.63, 3.8) is 0 Å². The Morgan fingerprint density at radius 3 is 2.82 bits per heavy atom. The minimum absolute atomic E-state index is 0.135. The van der Waals surface area contributed by atoms with E-state index in [9.17, 15) is 18.7 Å². The Balaban J connectivity index is 1.64. The van der Waals surface area contributed by atoms with Gasteiger partial charge >= 0.3 is 6.03 Å². The van der Waals surface area contributed by atoms with E-state index in [4.69, 9.17) is 4.74 Å². The van der Waals surface area contributed by atoms with E-state index in [1.165, 1.54) is 11.0 Å². The first-order valence-corrected chi connectivity index (χ1v) is 7.22. The summed E-state index contributed by atoms with van der Waals surface area (Å²) >= 11 is 0. The minimum Gasteiger partial charge on any atom is -0.492 e. The highest BCUT2D eigenvalue weighted by Crippen LogP contribution is 2.32. The molecule has 1 atom stereocenters. The summed E-state index contributed by atoms with van der Waals surface area (Å²) in [5, 5.41) is 12.4.